The molecule has 2 rings (SSSR count). The molecule has 0 radical (unpaired) electrons. The third-order valence-corrected chi connectivity index (χ3v) is 4.00. The summed E-state index contributed by atoms with van der Waals surface area (Å²) in [6.07, 6.45) is 2.16. The van der Waals surface area contributed by atoms with Crippen LogP contribution in [-0.2, 0) is 4.79 Å². The molecular formula is C19H22BrN5O7. The monoisotopic (exact) mass is 511 g/mol. The Hall–Kier alpha value is -3.74. The molecule has 0 saturated heterocycles. The lowest BCUT2D eigenvalue weighted by atomic mass is 10.2. The van der Waals surface area contributed by atoms with Crippen LogP contribution in [0, 0.1) is 20.2 Å². The molecule has 172 valence electrons. The SMILES string of the molecule is CCOc1c(/C=N/Nc2ccc([N+](=O)[O-])cc2[N+](=O)[O-])cc(Br)cc1OC.CN(C)C=O. The first-order valence-electron chi connectivity index (χ1n) is 8.98. The lowest BCUT2D eigenvalue weighted by molar-refractivity contribution is -0.393. The van der Waals surface area contributed by atoms with Gasteiger partial charge in [0.25, 0.3) is 5.69 Å². The van der Waals surface area contributed by atoms with Crippen LogP contribution in [0.5, 0.6) is 11.5 Å². The molecule has 1 amide bonds. The molecule has 1 N–H and O–H groups in total. The van der Waals surface area contributed by atoms with E-state index in [2.05, 4.69) is 26.5 Å². The van der Waals surface area contributed by atoms with E-state index in [1.807, 2.05) is 6.92 Å². The Morgan fingerprint density at radius 3 is 2.34 bits per heavy atom. The second kappa shape index (κ2) is 12.8. The number of rotatable bonds is 9. The van der Waals surface area contributed by atoms with Gasteiger partial charge in [0, 0.05) is 30.2 Å². The van der Waals surface area contributed by atoms with Gasteiger partial charge < -0.3 is 14.4 Å². The maximum Gasteiger partial charge on any atom is 0.301 e. The van der Waals surface area contributed by atoms with Crippen LogP contribution >= 0.6 is 15.9 Å². The van der Waals surface area contributed by atoms with E-state index in [1.165, 1.54) is 24.3 Å². The Morgan fingerprint density at radius 2 is 1.84 bits per heavy atom. The molecule has 13 heteroatoms. The first kappa shape index (κ1) is 26.3. The van der Waals surface area contributed by atoms with Crippen molar-refractivity contribution in [3.8, 4) is 11.5 Å². The van der Waals surface area contributed by atoms with Gasteiger partial charge in [-0.25, -0.2) is 0 Å². The Morgan fingerprint density at radius 1 is 1.19 bits per heavy atom. The molecular weight excluding hydrogens is 490 g/mol. The van der Waals surface area contributed by atoms with Crippen molar-refractivity contribution in [1.29, 1.82) is 0 Å². The zero-order valence-electron chi connectivity index (χ0n) is 17.8. The van der Waals surface area contributed by atoms with Crippen molar-refractivity contribution in [3.63, 3.8) is 0 Å². The van der Waals surface area contributed by atoms with E-state index in [9.17, 15) is 25.0 Å². The number of carbonyl (C=O) groups is 1. The van der Waals surface area contributed by atoms with Crippen LogP contribution in [0.1, 0.15) is 12.5 Å². The van der Waals surface area contributed by atoms with Crippen molar-refractivity contribution in [2.24, 2.45) is 5.10 Å². The Bertz CT molecular complexity index is 998. The number of methoxy groups -OCH3 is 1. The second-order valence-electron chi connectivity index (χ2n) is 6.11. The highest BCUT2D eigenvalue weighted by molar-refractivity contribution is 9.10. The summed E-state index contributed by atoms with van der Waals surface area (Å²) in [5.41, 5.74) is 2.27. The molecule has 0 aliphatic rings. The first-order chi connectivity index (χ1) is 15.1. The first-order valence-corrected chi connectivity index (χ1v) is 9.77. The van der Waals surface area contributed by atoms with Crippen LogP contribution in [0.15, 0.2) is 39.9 Å². The molecule has 12 nitrogen and oxygen atoms in total. The van der Waals surface area contributed by atoms with Crippen molar-refractivity contribution in [2.45, 2.75) is 6.92 Å². The number of hydrogen-bond acceptors (Lipinski definition) is 9. The molecule has 0 aliphatic heterocycles. The molecule has 0 heterocycles. The van der Waals surface area contributed by atoms with Gasteiger partial charge in [0.15, 0.2) is 11.5 Å². The van der Waals surface area contributed by atoms with Crippen LogP contribution in [-0.4, -0.2) is 55.2 Å². The summed E-state index contributed by atoms with van der Waals surface area (Å²) in [6, 6.07) is 6.71. The predicted octanol–water partition coefficient (Wildman–Crippen LogP) is 3.82. The van der Waals surface area contributed by atoms with E-state index in [4.69, 9.17) is 9.47 Å². The zero-order valence-corrected chi connectivity index (χ0v) is 19.4. The molecule has 0 atom stereocenters. The van der Waals surface area contributed by atoms with Crippen LogP contribution in [0.3, 0.4) is 0 Å². The fourth-order valence-electron chi connectivity index (χ4n) is 2.19. The molecule has 0 bridgehead atoms. The summed E-state index contributed by atoms with van der Waals surface area (Å²) in [7, 11) is 4.88. The number of non-ortho nitro benzene ring substituents is 1. The summed E-state index contributed by atoms with van der Waals surface area (Å²) >= 11 is 3.36. The summed E-state index contributed by atoms with van der Waals surface area (Å²) < 4.78 is 11.6. The van der Waals surface area contributed by atoms with E-state index in [1.54, 1.807) is 26.2 Å². The highest BCUT2D eigenvalue weighted by Gasteiger charge is 2.19. The number of anilines is 1. The molecule has 0 spiro atoms. The molecule has 32 heavy (non-hydrogen) atoms. The molecule has 0 unspecified atom stereocenters. The fraction of sp³-hybridized carbons (Fsp3) is 0.263. The molecule has 0 aliphatic carbocycles. The number of nitrogens with zero attached hydrogens (tertiary/aromatic N) is 4. The van der Waals surface area contributed by atoms with Gasteiger partial charge in [-0.3, -0.25) is 30.4 Å². The minimum absolute atomic E-state index is 0.0155. The third-order valence-electron chi connectivity index (χ3n) is 3.55. The normalized spacial score (nSPS) is 10.0. The highest BCUT2D eigenvalue weighted by Crippen LogP contribution is 2.34. The highest BCUT2D eigenvalue weighted by atomic mass is 79.9. The zero-order chi connectivity index (χ0) is 24.3. The molecule has 2 aromatic carbocycles. The minimum atomic E-state index is -0.724. The van der Waals surface area contributed by atoms with Gasteiger partial charge in [-0.1, -0.05) is 15.9 Å². The number of nitro groups is 2. The van der Waals surface area contributed by atoms with Crippen molar-refractivity contribution < 1.29 is 24.1 Å². The van der Waals surface area contributed by atoms with Crippen molar-refractivity contribution in [2.75, 3.05) is 33.2 Å². The van der Waals surface area contributed by atoms with E-state index in [-0.39, 0.29) is 11.4 Å². The average Bonchev–Trinajstić information content (AvgIpc) is 2.75. The number of hydrazone groups is 1. The molecule has 2 aromatic rings. The number of nitro benzene ring substituents is 2. The van der Waals surface area contributed by atoms with E-state index in [0.29, 0.717) is 23.7 Å². The van der Waals surface area contributed by atoms with Crippen LogP contribution < -0.4 is 14.9 Å². The van der Waals surface area contributed by atoms with Gasteiger partial charge in [-0.15, -0.1) is 0 Å². The average molecular weight is 512 g/mol. The Balaban J connectivity index is 0.000000920. The van der Waals surface area contributed by atoms with E-state index < -0.39 is 15.5 Å². The topological polar surface area (TPSA) is 149 Å². The van der Waals surface area contributed by atoms with Crippen LogP contribution in [0.25, 0.3) is 0 Å². The third kappa shape index (κ3) is 7.83. The van der Waals surface area contributed by atoms with Crippen molar-refractivity contribution in [3.05, 3.63) is 60.6 Å². The Kier molecular flexibility index (Phi) is 10.6. The molecule has 0 saturated carbocycles. The van der Waals surface area contributed by atoms with Gasteiger partial charge in [0.2, 0.25) is 6.41 Å². The number of halogens is 1. The standard InChI is InChI=1S/C16H15BrN4O6.C3H7NO/c1-3-27-16-10(6-11(17)7-15(16)26-2)9-18-19-13-5-4-12(20(22)23)8-14(13)21(24)25;1-4(2)3-5/h4-9,19H,3H2,1-2H3;3H,1-2H3/b18-9+;. The van der Waals surface area contributed by atoms with Gasteiger partial charge in [0.1, 0.15) is 5.69 Å². The number of benzene rings is 2. The minimum Gasteiger partial charge on any atom is -0.493 e. The van der Waals surface area contributed by atoms with Crippen molar-refractivity contribution >= 4 is 45.6 Å². The van der Waals surface area contributed by atoms with Crippen molar-refractivity contribution in [1.82, 2.24) is 4.90 Å². The number of nitrogens with one attached hydrogen (secondary N) is 1. The summed E-state index contributed by atoms with van der Waals surface area (Å²) in [4.78, 5) is 31.4. The predicted molar refractivity (Wildman–Crippen MR) is 123 cm³/mol. The lowest BCUT2D eigenvalue weighted by Gasteiger charge is -2.12. The number of amides is 1. The fourth-order valence-corrected chi connectivity index (χ4v) is 2.64. The maximum absolute atomic E-state index is 11.1. The van der Waals surface area contributed by atoms with Gasteiger partial charge >= 0.3 is 5.69 Å². The van der Waals surface area contributed by atoms with Gasteiger partial charge in [-0.2, -0.15) is 5.10 Å². The Labute approximate surface area is 192 Å². The van der Waals surface area contributed by atoms with Crippen LogP contribution in [0.2, 0.25) is 0 Å². The summed E-state index contributed by atoms with van der Waals surface area (Å²) in [6.45, 7) is 2.22. The maximum atomic E-state index is 11.1. The quantitative estimate of drug-likeness (QED) is 0.231. The summed E-state index contributed by atoms with van der Waals surface area (Å²) in [5, 5.41) is 25.9. The number of carbonyl (C=O) groups excluding carboxylic acids is 1. The lowest BCUT2D eigenvalue weighted by Crippen LogP contribution is -2.06. The number of hydrogen-bond donors (Lipinski definition) is 1. The smallest absolute Gasteiger partial charge is 0.301 e. The second-order valence-corrected chi connectivity index (χ2v) is 7.03. The number of ether oxygens (including phenoxy) is 2. The summed E-state index contributed by atoms with van der Waals surface area (Å²) in [5.74, 6) is 0.959. The van der Waals surface area contributed by atoms with Crippen LogP contribution in [0.4, 0.5) is 17.1 Å². The van der Waals surface area contributed by atoms with Gasteiger partial charge in [0.05, 0.1) is 35.8 Å². The van der Waals surface area contributed by atoms with E-state index >= 15 is 0 Å². The van der Waals surface area contributed by atoms with Gasteiger partial charge in [-0.05, 0) is 25.1 Å². The molecule has 0 fully saturated rings. The van der Waals surface area contributed by atoms with E-state index in [0.717, 1.165) is 23.0 Å². The largest absolute Gasteiger partial charge is 0.493 e. The molecule has 0 aromatic heterocycles.